The van der Waals surface area contributed by atoms with E-state index in [1.807, 2.05) is 18.2 Å². The number of phenolic OH excluding ortho intramolecular Hbond substituents is 1. The Morgan fingerprint density at radius 3 is 2.30 bits per heavy atom. The minimum atomic E-state index is -0.471. The molecule has 1 aliphatic rings. The number of esters is 1. The molecule has 2 aromatic carbocycles. The minimum absolute atomic E-state index is 0.0787. The summed E-state index contributed by atoms with van der Waals surface area (Å²) in [6.07, 6.45) is 1.51. The van der Waals surface area contributed by atoms with Gasteiger partial charge in [-0.05, 0) is 50.3 Å². The highest BCUT2D eigenvalue weighted by Gasteiger charge is 2.35. The third kappa shape index (κ3) is 4.11. The lowest BCUT2D eigenvalue weighted by Crippen LogP contribution is -2.27. The summed E-state index contributed by atoms with van der Waals surface area (Å²) in [5.74, 6) is -0.638. The number of ketones is 1. The van der Waals surface area contributed by atoms with Crippen LogP contribution in [-0.4, -0.2) is 16.9 Å². The van der Waals surface area contributed by atoms with Gasteiger partial charge in [-0.1, -0.05) is 41.5 Å². The second kappa shape index (κ2) is 7.78. The maximum absolute atomic E-state index is 13.3. The highest BCUT2D eigenvalue weighted by atomic mass is 16.5. The van der Waals surface area contributed by atoms with Gasteiger partial charge in [-0.15, -0.1) is 0 Å². The molecule has 1 N–H and O–H groups in total. The van der Waals surface area contributed by atoms with Gasteiger partial charge in [0.05, 0.1) is 5.56 Å². The Hall–Kier alpha value is -2.88. The van der Waals surface area contributed by atoms with E-state index in [0.29, 0.717) is 6.42 Å². The van der Waals surface area contributed by atoms with Crippen molar-refractivity contribution in [3.8, 4) is 11.5 Å². The first-order valence-electron chi connectivity index (χ1n) is 9.12. The predicted molar refractivity (Wildman–Crippen MR) is 104 cm³/mol. The molecule has 1 aliphatic carbocycles. The molecule has 4 nitrogen and oxygen atoms in total. The standard InChI is InChI=1S/C23H24O4/c1-14-11-20(17-7-5-4-6-8-17)21(12-15(14)2)23(26)19-10-9-18(13-22(19)25)27-16(3)24/h4-10,13,20-21,25H,11-12H2,1-3H3/t20-,21+/m0/s1. The number of hydrogen-bond acceptors (Lipinski definition) is 4. The number of rotatable bonds is 4. The maximum Gasteiger partial charge on any atom is 0.308 e. The van der Waals surface area contributed by atoms with Gasteiger partial charge in [0, 0.05) is 18.9 Å². The van der Waals surface area contributed by atoms with Crippen LogP contribution in [0.25, 0.3) is 0 Å². The number of ether oxygens (including phenoxy) is 1. The minimum Gasteiger partial charge on any atom is -0.507 e. The summed E-state index contributed by atoms with van der Waals surface area (Å²) in [4.78, 5) is 24.4. The topological polar surface area (TPSA) is 63.6 Å². The fraction of sp³-hybridized carbons (Fsp3) is 0.304. The summed E-state index contributed by atoms with van der Waals surface area (Å²) in [7, 11) is 0. The molecule has 2 atom stereocenters. The van der Waals surface area contributed by atoms with Crippen LogP contribution in [0.1, 0.15) is 55.5 Å². The summed E-state index contributed by atoms with van der Waals surface area (Å²) >= 11 is 0. The smallest absolute Gasteiger partial charge is 0.308 e. The van der Waals surface area contributed by atoms with Crippen LogP contribution in [0.15, 0.2) is 59.7 Å². The molecule has 3 rings (SSSR count). The van der Waals surface area contributed by atoms with Crippen molar-refractivity contribution in [1.82, 2.24) is 0 Å². The summed E-state index contributed by atoms with van der Waals surface area (Å²) in [5.41, 5.74) is 3.96. The molecule has 0 amide bonds. The largest absolute Gasteiger partial charge is 0.507 e. The molecule has 0 aromatic heterocycles. The number of phenols is 1. The molecule has 0 fully saturated rings. The fourth-order valence-electron chi connectivity index (χ4n) is 3.77. The number of carbonyl (C=O) groups excluding carboxylic acids is 2. The van der Waals surface area contributed by atoms with Crippen molar-refractivity contribution in [2.24, 2.45) is 5.92 Å². The summed E-state index contributed by atoms with van der Waals surface area (Å²) in [6, 6.07) is 14.5. The van der Waals surface area contributed by atoms with E-state index in [0.717, 1.165) is 12.0 Å². The van der Waals surface area contributed by atoms with Crippen LogP contribution in [-0.2, 0) is 4.79 Å². The van der Waals surface area contributed by atoms with E-state index in [1.54, 1.807) is 12.1 Å². The molecule has 0 spiro atoms. The molecular formula is C23H24O4. The zero-order chi connectivity index (χ0) is 19.6. The average molecular weight is 364 g/mol. The van der Waals surface area contributed by atoms with Crippen molar-refractivity contribution in [2.45, 2.75) is 39.5 Å². The van der Waals surface area contributed by atoms with Gasteiger partial charge < -0.3 is 9.84 Å². The van der Waals surface area contributed by atoms with E-state index in [-0.39, 0.29) is 34.7 Å². The van der Waals surface area contributed by atoms with Crippen LogP contribution in [0.3, 0.4) is 0 Å². The lowest BCUT2D eigenvalue weighted by Gasteiger charge is -2.33. The van der Waals surface area contributed by atoms with Crippen molar-refractivity contribution in [1.29, 1.82) is 0 Å². The predicted octanol–water partition coefficient (Wildman–Crippen LogP) is 5.03. The fourth-order valence-corrected chi connectivity index (χ4v) is 3.77. The van der Waals surface area contributed by atoms with E-state index < -0.39 is 5.97 Å². The van der Waals surface area contributed by atoms with Crippen LogP contribution in [0, 0.1) is 5.92 Å². The molecule has 140 valence electrons. The van der Waals surface area contributed by atoms with E-state index in [9.17, 15) is 14.7 Å². The molecular weight excluding hydrogens is 340 g/mol. The normalized spacial score (nSPS) is 19.7. The van der Waals surface area contributed by atoms with Gasteiger partial charge in [0.2, 0.25) is 0 Å². The first kappa shape index (κ1) is 18.9. The molecule has 0 heterocycles. The van der Waals surface area contributed by atoms with Gasteiger partial charge in [0.25, 0.3) is 0 Å². The molecule has 0 radical (unpaired) electrons. The molecule has 0 saturated carbocycles. The van der Waals surface area contributed by atoms with Gasteiger partial charge in [-0.3, -0.25) is 9.59 Å². The van der Waals surface area contributed by atoms with Gasteiger partial charge in [-0.25, -0.2) is 0 Å². The zero-order valence-electron chi connectivity index (χ0n) is 15.9. The average Bonchev–Trinajstić information content (AvgIpc) is 2.63. The lowest BCUT2D eigenvalue weighted by atomic mass is 9.70. The third-order valence-corrected chi connectivity index (χ3v) is 5.33. The maximum atomic E-state index is 13.3. The van der Waals surface area contributed by atoms with Crippen molar-refractivity contribution >= 4 is 11.8 Å². The van der Waals surface area contributed by atoms with Gasteiger partial charge >= 0.3 is 5.97 Å². The first-order valence-corrected chi connectivity index (χ1v) is 9.12. The molecule has 0 saturated heterocycles. The second-order valence-electron chi connectivity index (χ2n) is 7.23. The molecule has 0 bridgehead atoms. The Morgan fingerprint density at radius 2 is 1.67 bits per heavy atom. The number of allylic oxidation sites excluding steroid dienone is 2. The number of carbonyl (C=O) groups is 2. The SMILES string of the molecule is CC(=O)Oc1ccc(C(=O)[C@@H]2CC(C)=C(C)C[C@H]2c2ccccc2)c(O)c1. The van der Waals surface area contributed by atoms with Crippen LogP contribution in [0.4, 0.5) is 0 Å². The Bertz CT molecular complexity index is 896. The van der Waals surface area contributed by atoms with Crippen molar-refractivity contribution in [2.75, 3.05) is 0 Å². The zero-order valence-corrected chi connectivity index (χ0v) is 15.9. The summed E-state index contributed by atoms with van der Waals surface area (Å²) < 4.78 is 4.98. The summed E-state index contributed by atoms with van der Waals surface area (Å²) in [6.45, 7) is 5.48. The van der Waals surface area contributed by atoms with Crippen LogP contribution in [0.5, 0.6) is 11.5 Å². The first-order chi connectivity index (χ1) is 12.9. The highest BCUT2D eigenvalue weighted by molar-refractivity contribution is 6.01. The highest BCUT2D eigenvalue weighted by Crippen LogP contribution is 2.43. The van der Waals surface area contributed by atoms with Gasteiger partial charge in [0.15, 0.2) is 5.78 Å². The summed E-state index contributed by atoms with van der Waals surface area (Å²) in [5, 5.41) is 10.4. The molecule has 27 heavy (non-hydrogen) atoms. The molecule has 0 aliphatic heterocycles. The lowest BCUT2D eigenvalue weighted by molar-refractivity contribution is -0.131. The van der Waals surface area contributed by atoms with Crippen molar-refractivity contribution in [3.05, 3.63) is 70.8 Å². The number of Topliss-reactive ketones (excluding diaryl/α,β-unsaturated/α-hetero) is 1. The Balaban J connectivity index is 1.95. The van der Waals surface area contributed by atoms with E-state index in [4.69, 9.17) is 4.74 Å². The van der Waals surface area contributed by atoms with E-state index in [2.05, 4.69) is 26.0 Å². The van der Waals surface area contributed by atoms with Crippen molar-refractivity contribution < 1.29 is 19.4 Å². The second-order valence-corrected chi connectivity index (χ2v) is 7.23. The van der Waals surface area contributed by atoms with Crippen molar-refractivity contribution in [3.63, 3.8) is 0 Å². The van der Waals surface area contributed by atoms with Gasteiger partial charge in [0.1, 0.15) is 11.5 Å². The van der Waals surface area contributed by atoms with E-state index >= 15 is 0 Å². The van der Waals surface area contributed by atoms with E-state index in [1.165, 1.54) is 24.1 Å². The van der Waals surface area contributed by atoms with Gasteiger partial charge in [-0.2, -0.15) is 0 Å². The molecule has 0 unspecified atom stereocenters. The number of hydrogen-bond donors (Lipinski definition) is 1. The Morgan fingerprint density at radius 1 is 1.00 bits per heavy atom. The molecule has 2 aromatic rings. The van der Waals surface area contributed by atoms with Crippen LogP contribution in [0.2, 0.25) is 0 Å². The third-order valence-electron chi connectivity index (χ3n) is 5.33. The Labute approximate surface area is 159 Å². The quantitative estimate of drug-likeness (QED) is 0.358. The monoisotopic (exact) mass is 364 g/mol. The van der Waals surface area contributed by atoms with Crippen LogP contribution >= 0.6 is 0 Å². The Kier molecular flexibility index (Phi) is 5.45. The van der Waals surface area contributed by atoms with Crippen LogP contribution < -0.4 is 4.74 Å². The number of aromatic hydroxyl groups is 1. The molecule has 4 heteroatoms. The number of benzene rings is 2.